The zero-order chi connectivity index (χ0) is 93.9. The molecule has 15 aromatic rings. The van der Waals surface area contributed by atoms with E-state index in [1.807, 2.05) is 264 Å². The van der Waals surface area contributed by atoms with Crippen LogP contribution < -0.4 is 11.5 Å². The first-order chi connectivity index (χ1) is 65.9. The van der Waals surface area contributed by atoms with Crippen molar-refractivity contribution in [3.8, 4) is 0 Å². The van der Waals surface area contributed by atoms with Crippen LogP contribution in [0.5, 0.6) is 0 Å². The van der Waals surface area contributed by atoms with Gasteiger partial charge in [-0.05, 0) is 144 Å². The summed E-state index contributed by atoms with van der Waals surface area (Å²) in [5.74, 6) is 3.64. The maximum atomic E-state index is 13.2. The van der Waals surface area contributed by atoms with E-state index in [0.29, 0.717) is 48.0 Å². The Kier molecular flexibility index (Phi) is 29.7. The van der Waals surface area contributed by atoms with E-state index < -0.39 is 27.4 Å². The van der Waals surface area contributed by atoms with Gasteiger partial charge in [0.05, 0.1) is 30.4 Å². The van der Waals surface area contributed by atoms with E-state index in [-0.39, 0.29) is 35.5 Å². The third kappa shape index (κ3) is 19.1. The molecule has 17 heteroatoms. The number of aryl methyl sites for hydroxylation is 2. The third-order valence-corrected chi connectivity index (χ3v) is 30.0. The van der Waals surface area contributed by atoms with Crippen LogP contribution in [0.25, 0.3) is 14.5 Å². The number of carbonyl (C=O) groups excluding carboxylic acids is 2. The fraction of sp³-hybridized carbons (Fsp3) is 0.322. The second-order valence-electron chi connectivity index (χ2n) is 38.1. The van der Waals surface area contributed by atoms with Crippen LogP contribution in [0.2, 0.25) is 0 Å². The Hall–Kier alpha value is -14.3. The van der Waals surface area contributed by atoms with Gasteiger partial charge in [0, 0.05) is 143 Å². The van der Waals surface area contributed by atoms with Crippen LogP contribution in [0.1, 0.15) is 245 Å². The minimum Gasteiger partial charge on any atom is -0.369 e. The topological polar surface area (TPSA) is 188 Å². The molecule has 5 unspecified atom stereocenters. The van der Waals surface area contributed by atoms with Crippen LogP contribution in [-0.2, 0) is 37.0 Å². The number of nitrogens with zero attached hydrogens (tertiary/aromatic N) is 13. The fourth-order valence-corrected chi connectivity index (χ4v) is 23.7. The molecule has 10 atom stereocenters. The molecule has 0 radical (unpaired) electrons. The predicted molar refractivity (Wildman–Crippen MR) is 537 cm³/mol. The summed E-state index contributed by atoms with van der Waals surface area (Å²) in [7, 11) is 0. The van der Waals surface area contributed by atoms with Gasteiger partial charge in [-0.1, -0.05) is 331 Å². The highest BCUT2D eigenvalue weighted by atomic mass is 16.2. The summed E-state index contributed by atoms with van der Waals surface area (Å²) in [5, 5.41) is 0. The van der Waals surface area contributed by atoms with Gasteiger partial charge in [0.2, 0.25) is 11.8 Å². The third-order valence-electron chi connectivity index (χ3n) is 30.0. The number of primary amides is 2. The number of carbonyl (C=O) groups is 2. The number of rotatable bonds is 24. The van der Waals surface area contributed by atoms with Gasteiger partial charge >= 0.3 is 0 Å². The molecule has 2 amide bonds. The number of nitrogens with two attached hydrogens (primary N) is 2. The lowest BCUT2D eigenvalue weighted by Gasteiger charge is -2.38. The minimum absolute atomic E-state index is 0.136. The van der Waals surface area contributed by atoms with Crippen molar-refractivity contribution in [2.75, 3.05) is 0 Å². The number of hydrogen-bond acceptors (Lipinski definition) is 7. The maximum absolute atomic E-state index is 13.2. The Morgan fingerprint density at radius 3 is 0.778 bits per heavy atom. The molecule has 0 bridgehead atoms. The molecule has 17 nitrogen and oxygen atoms in total. The molecule has 4 N–H and O–H groups in total. The number of imidazole rings is 5. The molecule has 0 saturated heterocycles. The number of hydrogen-bond donors (Lipinski definition) is 2. The highest BCUT2D eigenvalue weighted by molar-refractivity contribution is 5.92. The van der Waals surface area contributed by atoms with E-state index >= 15 is 0 Å². The molecule has 5 aromatic heterocycles. The van der Waals surface area contributed by atoms with Crippen LogP contribution in [0.15, 0.2) is 372 Å². The molecular formula is C118H125N15O2. The van der Waals surface area contributed by atoms with Crippen molar-refractivity contribution < 1.29 is 9.59 Å². The summed E-state index contributed by atoms with van der Waals surface area (Å²) >= 11 is 0. The highest BCUT2D eigenvalue weighted by Gasteiger charge is 2.57. The van der Waals surface area contributed by atoms with Crippen LogP contribution in [0, 0.1) is 63.2 Å². The Balaban J connectivity index is 0.000000123. The van der Waals surface area contributed by atoms with Crippen LogP contribution in [0.4, 0.5) is 0 Å². The van der Waals surface area contributed by atoms with Gasteiger partial charge in [0.1, 0.15) is 22.5 Å². The van der Waals surface area contributed by atoms with Gasteiger partial charge in [0.15, 0.2) is 0 Å². The summed E-state index contributed by atoms with van der Waals surface area (Å²) in [6.07, 6.45) is 37.0. The van der Waals surface area contributed by atoms with Gasteiger partial charge in [-0.15, -0.1) is 0 Å². The summed E-state index contributed by atoms with van der Waals surface area (Å²) < 4.78 is 11.3. The van der Waals surface area contributed by atoms with Gasteiger partial charge in [-0.3, -0.25) is 24.1 Å². The summed E-state index contributed by atoms with van der Waals surface area (Å²) in [6, 6.07) is 104. The Bertz CT molecular complexity index is 6200. The molecule has 0 spiro atoms. The fourth-order valence-electron chi connectivity index (χ4n) is 23.7. The highest BCUT2D eigenvalue weighted by Crippen LogP contribution is 2.57. The normalized spacial score (nSPS) is 19.9. The van der Waals surface area contributed by atoms with Crippen molar-refractivity contribution in [2.45, 2.75) is 207 Å². The largest absolute Gasteiger partial charge is 0.369 e. The van der Waals surface area contributed by atoms with Crippen molar-refractivity contribution in [2.24, 2.45) is 41.1 Å². The SMILES string of the molecule is CC(C)c1nccn1[C@H]1CCC(C(C(N)=O)(c2ccccc2)c2ccccc2)C1.Cc1cn([C@H]2CCC(C(C(N)=O)(c3ccccc3)c3ccccc3)C2)cn1.[C-]#[N+]C(c1ccccc1)(c1ccccc1)C1CC[C@H](n2ccnc2)C1.[C-]#[N+]C(c1ccccc1)(c1ccccc1)C1CC[C@H](n2ccnc2C(C)C)C1.[C-]#[N+]C(c1ccccc1)(c1ccccc1)C1CC[C@H](n2cnc(C)c2)C1. The second kappa shape index (κ2) is 42.7. The molecular weight excluding hydrogens is 1660 g/mol. The van der Waals surface area contributed by atoms with Crippen molar-refractivity contribution in [1.29, 1.82) is 0 Å². The van der Waals surface area contributed by atoms with E-state index in [2.05, 4.69) is 212 Å². The quantitative estimate of drug-likeness (QED) is 0.0563. The molecule has 684 valence electrons. The van der Waals surface area contributed by atoms with Gasteiger partial charge in [0.25, 0.3) is 16.6 Å². The molecule has 20 rings (SSSR count). The van der Waals surface area contributed by atoms with Crippen molar-refractivity contribution >= 4 is 11.8 Å². The average molecular weight is 1790 g/mol. The average Bonchev–Trinajstić information content (AvgIpc) is 1.69. The lowest BCUT2D eigenvalue weighted by atomic mass is 9.64. The summed E-state index contributed by atoms with van der Waals surface area (Å²) in [5.41, 5.74) is 21.5. The van der Waals surface area contributed by atoms with Gasteiger partial charge < -0.3 is 34.3 Å². The number of aromatic nitrogens is 10. The monoisotopic (exact) mass is 1780 g/mol. The van der Waals surface area contributed by atoms with Gasteiger partial charge in [-0.2, -0.15) is 0 Å². The van der Waals surface area contributed by atoms with E-state index in [0.717, 1.165) is 175 Å². The van der Waals surface area contributed by atoms with Crippen molar-refractivity contribution in [3.63, 3.8) is 0 Å². The first-order valence-electron chi connectivity index (χ1n) is 48.3. The van der Waals surface area contributed by atoms with Crippen molar-refractivity contribution in [3.05, 3.63) is 485 Å². The standard InChI is InChI=1S/C25H29N3O.C25H27N3.C23H25N3O.C23H23N3.C22H21N3/c1-18(2)23-27-15-16-28(23)22-14-13-21(17-22)25(24(26)29,19-9-5-3-6-10-19)20-11-7-4-8-12-20;1-19(2)24-27-16-17-28(24)23-15-14-22(18-23)25(26-3,20-10-6-4-7-11-20)21-12-8-5-9-13-21;1-17-15-26(16-25-17)21-13-12-20(14-21)23(22(24)27,18-8-4-2-5-9-18)19-10-6-3-7-11-19;1-18-16-26(17-25-18)22-14-13-21(15-22)23(24-2,19-9-5-3-6-10-19)20-11-7-4-8-12-20;1-23-22(18-8-4-2-5-9-18,19-10-6-3-7-11-19)20-12-13-21(16-20)25-15-14-24-17-25/h3-12,15-16,18,21-22H,13-14,17H2,1-2H3,(H2,26,29);4-13,16-17,19,22-23H,14-15,18H2,1-2H3;2-11,15-16,20-21H,12-14H2,1H3,(H2,24,27);3-12,16-17,21-22H,13-15H2,1H3;2-11,14-15,17,20-21H,12-13,16H2/t21?,22-;22?,23-;20?,21-;21?,22-;20?,21-/m00000/s1. The zero-order valence-corrected chi connectivity index (χ0v) is 78.5. The molecule has 5 aliphatic carbocycles. The molecule has 135 heavy (non-hydrogen) atoms. The van der Waals surface area contributed by atoms with E-state index in [4.69, 9.17) is 31.2 Å². The Labute approximate surface area is 797 Å². The lowest BCUT2D eigenvalue weighted by Crippen LogP contribution is -2.47. The van der Waals surface area contributed by atoms with Crippen molar-refractivity contribution in [1.82, 2.24) is 47.8 Å². The first kappa shape index (κ1) is 93.9. The minimum atomic E-state index is -0.824. The van der Waals surface area contributed by atoms with E-state index in [1.165, 1.54) is 0 Å². The summed E-state index contributed by atoms with van der Waals surface area (Å²) in [4.78, 5) is 61.3. The molecule has 10 aromatic carbocycles. The zero-order valence-electron chi connectivity index (χ0n) is 78.5. The number of amides is 2. The van der Waals surface area contributed by atoms with Crippen LogP contribution in [-0.4, -0.2) is 59.6 Å². The lowest BCUT2D eigenvalue weighted by molar-refractivity contribution is -0.124. The Morgan fingerprint density at radius 2 is 0.541 bits per heavy atom. The predicted octanol–water partition coefficient (Wildman–Crippen LogP) is 25.5. The summed E-state index contributed by atoms with van der Waals surface area (Å²) in [6.45, 7) is 37.5. The molecule has 5 aliphatic rings. The Morgan fingerprint density at radius 1 is 0.304 bits per heavy atom. The smallest absolute Gasteiger partial charge is 0.285 e. The molecule has 5 saturated carbocycles. The van der Waals surface area contributed by atoms with Crippen LogP contribution >= 0.6 is 0 Å². The molecule has 5 heterocycles. The maximum Gasteiger partial charge on any atom is 0.285 e. The molecule has 0 aliphatic heterocycles. The van der Waals surface area contributed by atoms with Gasteiger partial charge in [-0.25, -0.2) is 44.6 Å². The molecule has 5 fully saturated rings. The second-order valence-corrected chi connectivity index (χ2v) is 38.1. The van der Waals surface area contributed by atoms with E-state index in [1.54, 1.807) is 0 Å². The van der Waals surface area contributed by atoms with Crippen LogP contribution in [0.3, 0.4) is 0 Å². The van der Waals surface area contributed by atoms with E-state index in [9.17, 15) is 9.59 Å². The number of benzene rings is 10. The first-order valence-corrected chi connectivity index (χ1v) is 48.3.